The Bertz CT molecular complexity index is 1520. The minimum atomic E-state index is -0.445. The summed E-state index contributed by atoms with van der Waals surface area (Å²) in [5.41, 5.74) is 3.68. The van der Waals surface area contributed by atoms with Crippen LogP contribution in [0.25, 0.3) is 22.7 Å². The quantitative estimate of drug-likeness (QED) is 0.453. The first-order chi connectivity index (χ1) is 15.4. The first-order valence-corrected chi connectivity index (χ1v) is 9.88. The molecule has 0 aliphatic rings. The van der Waals surface area contributed by atoms with E-state index in [0.717, 1.165) is 16.8 Å². The second-order valence-electron chi connectivity index (χ2n) is 7.47. The number of H-pyrrole nitrogens is 1. The first-order valence-electron chi connectivity index (χ1n) is 9.88. The number of nitrogens with one attached hydrogen (secondary N) is 2. The lowest BCUT2D eigenvalue weighted by molar-refractivity contribution is 0.0996. The van der Waals surface area contributed by atoms with Crippen molar-refractivity contribution in [2.24, 2.45) is 0 Å². The van der Waals surface area contributed by atoms with Crippen LogP contribution < -0.4 is 10.9 Å². The molecule has 10 heteroatoms. The van der Waals surface area contributed by atoms with Gasteiger partial charge < -0.3 is 9.73 Å². The number of amides is 1. The minimum absolute atomic E-state index is 0.149. The summed E-state index contributed by atoms with van der Waals surface area (Å²) in [6.45, 7) is 5.81. The minimum Gasteiger partial charge on any atom is -0.459 e. The zero-order valence-corrected chi connectivity index (χ0v) is 17.6. The molecule has 5 rings (SSSR count). The number of hydrogen-bond donors (Lipinski definition) is 2. The van der Waals surface area contributed by atoms with Crippen molar-refractivity contribution in [1.82, 2.24) is 29.5 Å². The Hall–Kier alpha value is -4.47. The number of carbonyl (C=O) groups excluding carboxylic acids is 1. The molecule has 0 saturated carbocycles. The molecule has 0 aliphatic carbocycles. The fraction of sp³-hybridized carbons (Fsp3) is 0.136. The number of furan rings is 1. The van der Waals surface area contributed by atoms with Crippen LogP contribution in [0.3, 0.4) is 0 Å². The fourth-order valence-corrected chi connectivity index (χ4v) is 3.39. The maximum absolute atomic E-state index is 12.8. The number of fused-ring (bicyclic) bond motifs is 1. The molecule has 5 aromatic rings. The monoisotopic (exact) mass is 429 g/mol. The summed E-state index contributed by atoms with van der Waals surface area (Å²) in [7, 11) is 0. The zero-order valence-electron chi connectivity index (χ0n) is 17.6. The third-order valence-electron chi connectivity index (χ3n) is 5.18. The molecule has 0 spiro atoms. The van der Waals surface area contributed by atoms with Gasteiger partial charge in [0.2, 0.25) is 5.95 Å². The molecule has 2 N–H and O–H groups in total. The summed E-state index contributed by atoms with van der Waals surface area (Å²) < 4.78 is 8.12. The van der Waals surface area contributed by atoms with Crippen LogP contribution in [0.15, 0.2) is 58.1 Å². The molecule has 0 saturated heterocycles. The Morgan fingerprint density at radius 1 is 1.09 bits per heavy atom. The van der Waals surface area contributed by atoms with E-state index in [1.165, 1.54) is 17.1 Å². The molecule has 0 bridgehead atoms. The normalized spacial score (nSPS) is 11.2. The molecule has 0 fully saturated rings. The summed E-state index contributed by atoms with van der Waals surface area (Å²) in [6, 6.07) is 10.7. The second-order valence-corrected chi connectivity index (χ2v) is 7.47. The van der Waals surface area contributed by atoms with E-state index >= 15 is 0 Å². The van der Waals surface area contributed by atoms with E-state index in [2.05, 4.69) is 25.5 Å². The maximum atomic E-state index is 12.8. The van der Waals surface area contributed by atoms with E-state index in [1.54, 1.807) is 29.8 Å². The number of benzene rings is 1. The van der Waals surface area contributed by atoms with Crippen molar-refractivity contribution in [2.75, 3.05) is 5.32 Å². The molecule has 0 atom stereocenters. The smallest absolute Gasteiger partial charge is 0.292 e. The number of nitrogens with zero attached hydrogens (tertiary/aromatic N) is 5. The van der Waals surface area contributed by atoms with Crippen molar-refractivity contribution in [1.29, 1.82) is 0 Å². The van der Waals surface area contributed by atoms with Gasteiger partial charge in [0.05, 0.1) is 23.8 Å². The van der Waals surface area contributed by atoms with Crippen LogP contribution in [0.1, 0.15) is 27.4 Å². The van der Waals surface area contributed by atoms with E-state index in [4.69, 9.17) is 4.42 Å². The van der Waals surface area contributed by atoms with Crippen molar-refractivity contribution in [3.05, 3.63) is 81.8 Å². The molecule has 1 aromatic carbocycles. The van der Waals surface area contributed by atoms with E-state index in [1.807, 2.05) is 32.0 Å². The van der Waals surface area contributed by atoms with Crippen LogP contribution in [0.4, 0.5) is 5.82 Å². The third-order valence-corrected chi connectivity index (χ3v) is 5.18. The summed E-state index contributed by atoms with van der Waals surface area (Å²) in [5.74, 6) is 0.194. The number of rotatable bonds is 4. The van der Waals surface area contributed by atoms with Crippen molar-refractivity contribution < 1.29 is 9.21 Å². The predicted octanol–water partition coefficient (Wildman–Crippen LogP) is 3.07. The van der Waals surface area contributed by atoms with E-state index in [-0.39, 0.29) is 17.3 Å². The van der Waals surface area contributed by atoms with Gasteiger partial charge in [0.1, 0.15) is 11.2 Å². The Kier molecular flexibility index (Phi) is 4.47. The topological polar surface area (TPSA) is 124 Å². The molecule has 160 valence electrons. The number of aryl methyl sites for hydroxylation is 3. The molecule has 10 nitrogen and oxygen atoms in total. The first kappa shape index (κ1) is 19.5. The predicted molar refractivity (Wildman–Crippen MR) is 117 cm³/mol. The number of carbonyl (C=O) groups is 1. The highest BCUT2D eigenvalue weighted by Gasteiger charge is 2.18. The Balaban J connectivity index is 1.62. The summed E-state index contributed by atoms with van der Waals surface area (Å²) >= 11 is 0. The number of anilines is 1. The Morgan fingerprint density at radius 3 is 2.69 bits per heavy atom. The van der Waals surface area contributed by atoms with Gasteiger partial charge in [-0.15, -0.1) is 0 Å². The molecule has 4 heterocycles. The highest BCUT2D eigenvalue weighted by atomic mass is 16.3. The molecule has 0 unspecified atom stereocenters. The lowest BCUT2D eigenvalue weighted by Crippen LogP contribution is -2.19. The highest BCUT2D eigenvalue weighted by molar-refractivity contribution is 6.01. The van der Waals surface area contributed by atoms with Gasteiger partial charge in [-0.05, 0) is 56.2 Å². The standard InChI is InChI=1S/C22H19N7O3/c1-12-6-7-15(9-13(12)2)28-19-16(11-23-28)20(30)26-22(25-19)29-18(10-14(3)27-29)24-21(31)17-5-4-8-32-17/h4-11H,1-3H3,(H,24,31)(H,25,26,30). The van der Waals surface area contributed by atoms with Crippen LogP contribution in [-0.2, 0) is 0 Å². The average molecular weight is 429 g/mol. The molecule has 0 radical (unpaired) electrons. The highest BCUT2D eigenvalue weighted by Crippen LogP contribution is 2.20. The molecule has 4 aromatic heterocycles. The van der Waals surface area contributed by atoms with E-state index < -0.39 is 5.91 Å². The average Bonchev–Trinajstić information content (AvgIpc) is 3.50. The van der Waals surface area contributed by atoms with Crippen molar-refractivity contribution in [3.63, 3.8) is 0 Å². The van der Waals surface area contributed by atoms with E-state index in [9.17, 15) is 9.59 Å². The van der Waals surface area contributed by atoms with Gasteiger partial charge in [0.15, 0.2) is 11.4 Å². The van der Waals surface area contributed by atoms with Crippen LogP contribution in [0, 0.1) is 20.8 Å². The maximum Gasteiger partial charge on any atom is 0.292 e. The molecule has 32 heavy (non-hydrogen) atoms. The van der Waals surface area contributed by atoms with Crippen LogP contribution in [0.2, 0.25) is 0 Å². The Labute approximate surface area is 181 Å². The lowest BCUT2D eigenvalue weighted by Gasteiger charge is -2.09. The number of hydrogen-bond acceptors (Lipinski definition) is 6. The fourth-order valence-electron chi connectivity index (χ4n) is 3.39. The number of aromatic nitrogens is 6. The molecule has 1 amide bonds. The molecular formula is C22H19N7O3. The zero-order chi connectivity index (χ0) is 22.4. The molecule has 0 aliphatic heterocycles. The molecular weight excluding hydrogens is 410 g/mol. The van der Waals surface area contributed by atoms with Gasteiger partial charge in [-0.2, -0.15) is 19.9 Å². The van der Waals surface area contributed by atoms with Crippen LogP contribution in [-0.4, -0.2) is 35.4 Å². The summed E-state index contributed by atoms with van der Waals surface area (Å²) in [5, 5.41) is 11.8. The van der Waals surface area contributed by atoms with Gasteiger partial charge in [0.25, 0.3) is 11.5 Å². The summed E-state index contributed by atoms with van der Waals surface area (Å²) in [4.78, 5) is 32.6. The van der Waals surface area contributed by atoms with Gasteiger partial charge in [-0.1, -0.05) is 6.07 Å². The van der Waals surface area contributed by atoms with E-state index in [0.29, 0.717) is 22.5 Å². The largest absolute Gasteiger partial charge is 0.459 e. The van der Waals surface area contributed by atoms with Crippen molar-refractivity contribution in [3.8, 4) is 11.6 Å². The lowest BCUT2D eigenvalue weighted by atomic mass is 10.1. The SMILES string of the molecule is Cc1cc(NC(=O)c2ccco2)n(-c2nc3c(cnn3-c3ccc(C)c(C)c3)c(=O)[nH]2)n1. The number of aromatic amines is 1. The van der Waals surface area contributed by atoms with Crippen LogP contribution >= 0.6 is 0 Å². The summed E-state index contributed by atoms with van der Waals surface area (Å²) in [6.07, 6.45) is 2.90. The van der Waals surface area contributed by atoms with Gasteiger partial charge in [0, 0.05) is 6.07 Å². The van der Waals surface area contributed by atoms with Crippen molar-refractivity contribution in [2.45, 2.75) is 20.8 Å². The van der Waals surface area contributed by atoms with Gasteiger partial charge >= 0.3 is 0 Å². The Morgan fingerprint density at radius 2 is 1.94 bits per heavy atom. The van der Waals surface area contributed by atoms with Gasteiger partial charge in [-0.25, -0.2) is 4.68 Å². The third kappa shape index (κ3) is 3.27. The van der Waals surface area contributed by atoms with Crippen LogP contribution in [0.5, 0.6) is 0 Å². The van der Waals surface area contributed by atoms with Crippen molar-refractivity contribution >= 4 is 22.8 Å². The van der Waals surface area contributed by atoms with Gasteiger partial charge in [-0.3, -0.25) is 14.6 Å². The second kappa shape index (κ2) is 7.34.